The fourth-order valence-electron chi connectivity index (χ4n) is 3.49. The van der Waals surface area contributed by atoms with E-state index >= 15 is 0 Å². The number of aromatic nitrogens is 1. The van der Waals surface area contributed by atoms with Gasteiger partial charge in [-0.15, -0.1) is 0 Å². The number of carbonyl (C=O) groups excluding carboxylic acids is 1. The van der Waals surface area contributed by atoms with E-state index < -0.39 is 0 Å². The minimum absolute atomic E-state index is 0.105. The zero-order valence-corrected chi connectivity index (χ0v) is 14.5. The summed E-state index contributed by atoms with van der Waals surface area (Å²) in [5.41, 5.74) is 4.25. The largest absolute Gasteiger partial charge is 0.351 e. The molecule has 0 aliphatic carbocycles. The van der Waals surface area contributed by atoms with Gasteiger partial charge in [-0.3, -0.25) is 9.69 Å². The number of piperazine rings is 1. The number of benzene rings is 2. The van der Waals surface area contributed by atoms with Crippen molar-refractivity contribution < 1.29 is 4.79 Å². The van der Waals surface area contributed by atoms with E-state index in [0.717, 1.165) is 43.6 Å². The van der Waals surface area contributed by atoms with Crippen LogP contribution in [0.15, 0.2) is 54.6 Å². The zero-order valence-electron chi connectivity index (χ0n) is 14.5. The maximum atomic E-state index is 12.8. The molecule has 1 N–H and O–H groups in total. The summed E-state index contributed by atoms with van der Waals surface area (Å²) in [6.45, 7) is 6.41. The zero-order chi connectivity index (χ0) is 17.2. The van der Waals surface area contributed by atoms with Gasteiger partial charge in [0.25, 0.3) is 5.91 Å². The second-order valence-electron chi connectivity index (χ2n) is 6.83. The Hall–Kier alpha value is -2.59. The number of hydrogen-bond acceptors (Lipinski definition) is 2. The number of amides is 1. The number of carbonyl (C=O) groups is 1. The molecule has 1 saturated heterocycles. The highest BCUT2D eigenvalue weighted by Crippen LogP contribution is 2.19. The van der Waals surface area contributed by atoms with E-state index in [1.165, 1.54) is 11.1 Å². The molecule has 1 fully saturated rings. The Kier molecular flexibility index (Phi) is 4.28. The fourth-order valence-corrected chi connectivity index (χ4v) is 3.49. The van der Waals surface area contributed by atoms with Crippen LogP contribution in [0, 0.1) is 6.92 Å². The van der Waals surface area contributed by atoms with E-state index in [-0.39, 0.29) is 5.91 Å². The molecule has 1 amide bonds. The number of nitrogens with zero attached hydrogens (tertiary/aromatic N) is 2. The minimum Gasteiger partial charge on any atom is -0.351 e. The summed E-state index contributed by atoms with van der Waals surface area (Å²) in [7, 11) is 0. The van der Waals surface area contributed by atoms with Gasteiger partial charge in [0.2, 0.25) is 0 Å². The molecule has 0 spiro atoms. The second kappa shape index (κ2) is 6.73. The number of aromatic amines is 1. The van der Waals surface area contributed by atoms with Crippen LogP contribution in [0.1, 0.15) is 21.6 Å². The molecular formula is C21H23N3O. The number of fused-ring (bicyclic) bond motifs is 1. The standard InChI is InChI=1S/C21H23N3O/c1-16-7-8-19-18(13-16)14-20(22-19)21(25)24-11-9-23(10-12-24)15-17-5-3-2-4-6-17/h2-8,13-14,22H,9-12,15H2,1H3. The number of nitrogens with one attached hydrogen (secondary N) is 1. The summed E-state index contributed by atoms with van der Waals surface area (Å²) in [6, 6.07) is 18.7. The molecule has 128 valence electrons. The van der Waals surface area contributed by atoms with Crippen molar-refractivity contribution in [3.8, 4) is 0 Å². The highest BCUT2D eigenvalue weighted by molar-refractivity contribution is 5.98. The Morgan fingerprint density at radius 3 is 2.52 bits per heavy atom. The SMILES string of the molecule is Cc1ccc2[nH]c(C(=O)N3CCN(Cc4ccccc4)CC3)cc2c1. The lowest BCUT2D eigenvalue weighted by molar-refractivity contribution is 0.0623. The average molecular weight is 333 g/mol. The number of rotatable bonds is 3. The molecule has 0 saturated carbocycles. The van der Waals surface area contributed by atoms with Crippen LogP contribution >= 0.6 is 0 Å². The Bertz CT molecular complexity index is 877. The van der Waals surface area contributed by atoms with Crippen molar-refractivity contribution in [2.24, 2.45) is 0 Å². The van der Waals surface area contributed by atoms with E-state index in [1.807, 2.05) is 23.1 Å². The van der Waals surface area contributed by atoms with Gasteiger partial charge in [-0.2, -0.15) is 0 Å². The van der Waals surface area contributed by atoms with Gasteiger partial charge in [0.1, 0.15) is 5.69 Å². The van der Waals surface area contributed by atoms with E-state index in [1.54, 1.807) is 0 Å². The van der Waals surface area contributed by atoms with Gasteiger partial charge in [-0.1, -0.05) is 42.0 Å². The van der Waals surface area contributed by atoms with Gasteiger partial charge >= 0.3 is 0 Å². The molecule has 4 rings (SSSR count). The molecule has 2 heterocycles. The highest BCUT2D eigenvalue weighted by atomic mass is 16.2. The molecule has 0 atom stereocenters. The summed E-state index contributed by atoms with van der Waals surface area (Å²) in [4.78, 5) is 20.4. The topological polar surface area (TPSA) is 39.3 Å². The molecule has 0 bridgehead atoms. The van der Waals surface area contributed by atoms with Crippen molar-refractivity contribution in [3.63, 3.8) is 0 Å². The Morgan fingerprint density at radius 1 is 1.00 bits per heavy atom. The van der Waals surface area contributed by atoms with Crippen LogP contribution in [-0.2, 0) is 6.54 Å². The van der Waals surface area contributed by atoms with Gasteiger partial charge in [-0.05, 0) is 30.7 Å². The lowest BCUT2D eigenvalue weighted by Gasteiger charge is -2.34. The third kappa shape index (κ3) is 3.44. The van der Waals surface area contributed by atoms with Crippen LogP contribution in [-0.4, -0.2) is 46.9 Å². The lowest BCUT2D eigenvalue weighted by atomic mass is 10.2. The first-order valence-electron chi connectivity index (χ1n) is 8.84. The van der Waals surface area contributed by atoms with Crippen LogP contribution < -0.4 is 0 Å². The Labute approximate surface area is 148 Å². The molecular weight excluding hydrogens is 310 g/mol. The summed E-state index contributed by atoms with van der Waals surface area (Å²) >= 11 is 0. The predicted octanol–water partition coefficient (Wildman–Crippen LogP) is 3.43. The van der Waals surface area contributed by atoms with Gasteiger partial charge < -0.3 is 9.88 Å². The molecule has 25 heavy (non-hydrogen) atoms. The summed E-state index contributed by atoms with van der Waals surface area (Å²) in [5, 5.41) is 1.10. The Balaban J connectivity index is 1.40. The third-order valence-electron chi connectivity index (χ3n) is 4.92. The second-order valence-corrected chi connectivity index (χ2v) is 6.83. The molecule has 0 radical (unpaired) electrons. The lowest BCUT2D eigenvalue weighted by Crippen LogP contribution is -2.48. The summed E-state index contributed by atoms with van der Waals surface area (Å²) in [6.07, 6.45) is 0. The quantitative estimate of drug-likeness (QED) is 0.797. The van der Waals surface area contributed by atoms with Crippen LogP contribution in [0.5, 0.6) is 0 Å². The number of H-pyrrole nitrogens is 1. The molecule has 1 aliphatic rings. The van der Waals surface area contributed by atoms with Crippen molar-refractivity contribution in [3.05, 3.63) is 71.4 Å². The monoisotopic (exact) mass is 333 g/mol. The van der Waals surface area contributed by atoms with Gasteiger partial charge in [-0.25, -0.2) is 0 Å². The first-order chi connectivity index (χ1) is 12.2. The molecule has 4 heteroatoms. The average Bonchev–Trinajstić information content (AvgIpc) is 3.06. The smallest absolute Gasteiger partial charge is 0.270 e. The van der Waals surface area contributed by atoms with E-state index in [2.05, 4.69) is 53.2 Å². The maximum absolute atomic E-state index is 12.8. The molecule has 2 aromatic carbocycles. The fraction of sp³-hybridized carbons (Fsp3) is 0.286. The normalized spacial score (nSPS) is 15.6. The number of hydrogen-bond donors (Lipinski definition) is 1. The molecule has 3 aromatic rings. The van der Waals surface area contributed by atoms with Gasteiger partial charge in [0.05, 0.1) is 0 Å². The van der Waals surface area contributed by atoms with Gasteiger partial charge in [0, 0.05) is 43.6 Å². The third-order valence-corrected chi connectivity index (χ3v) is 4.92. The molecule has 1 aromatic heterocycles. The van der Waals surface area contributed by atoms with Crippen molar-refractivity contribution in [2.45, 2.75) is 13.5 Å². The maximum Gasteiger partial charge on any atom is 0.270 e. The van der Waals surface area contributed by atoms with Crippen LogP contribution in [0.3, 0.4) is 0 Å². The molecule has 0 unspecified atom stereocenters. The number of aryl methyl sites for hydroxylation is 1. The van der Waals surface area contributed by atoms with Crippen molar-refractivity contribution in [1.82, 2.24) is 14.8 Å². The Morgan fingerprint density at radius 2 is 1.76 bits per heavy atom. The minimum atomic E-state index is 0.105. The predicted molar refractivity (Wildman–Crippen MR) is 101 cm³/mol. The van der Waals surface area contributed by atoms with Gasteiger partial charge in [0.15, 0.2) is 0 Å². The van der Waals surface area contributed by atoms with Crippen molar-refractivity contribution in [1.29, 1.82) is 0 Å². The van der Waals surface area contributed by atoms with Crippen LogP contribution in [0.25, 0.3) is 10.9 Å². The van der Waals surface area contributed by atoms with Crippen molar-refractivity contribution >= 4 is 16.8 Å². The highest BCUT2D eigenvalue weighted by Gasteiger charge is 2.23. The van der Waals surface area contributed by atoms with E-state index in [9.17, 15) is 4.79 Å². The van der Waals surface area contributed by atoms with Crippen LogP contribution in [0.2, 0.25) is 0 Å². The first-order valence-corrected chi connectivity index (χ1v) is 8.84. The first kappa shape index (κ1) is 15.9. The van der Waals surface area contributed by atoms with E-state index in [0.29, 0.717) is 5.69 Å². The summed E-state index contributed by atoms with van der Waals surface area (Å²) < 4.78 is 0. The molecule has 1 aliphatic heterocycles. The van der Waals surface area contributed by atoms with Crippen LogP contribution in [0.4, 0.5) is 0 Å². The van der Waals surface area contributed by atoms with Crippen molar-refractivity contribution in [2.75, 3.05) is 26.2 Å². The van der Waals surface area contributed by atoms with E-state index in [4.69, 9.17) is 0 Å². The molecule has 4 nitrogen and oxygen atoms in total. The summed E-state index contributed by atoms with van der Waals surface area (Å²) in [5.74, 6) is 0.105.